The molecule has 44 valence electrons. The van der Waals surface area contributed by atoms with Crippen LogP contribution in [0.4, 0.5) is 0 Å². The fourth-order valence-corrected chi connectivity index (χ4v) is 0.255. The Hall–Kier alpha value is -0.560. The minimum absolute atomic E-state index is 0.420. The average molecular weight is 130 g/mol. The molecule has 0 aromatic heterocycles. The van der Waals surface area contributed by atoms with Crippen molar-refractivity contribution in [1.29, 1.82) is 0 Å². The fraction of sp³-hybridized carbons (Fsp3) is 0.167. The fourth-order valence-electron chi connectivity index (χ4n) is 0.198. The van der Waals surface area contributed by atoms with E-state index in [9.17, 15) is 0 Å². The molecule has 0 aliphatic carbocycles. The van der Waals surface area contributed by atoms with E-state index in [1.807, 2.05) is 6.92 Å². The van der Waals surface area contributed by atoms with Gasteiger partial charge in [-0.15, -0.1) is 0 Å². The second kappa shape index (κ2) is 4.60. The lowest BCUT2D eigenvalue weighted by molar-refractivity contribution is 1.54. The van der Waals surface area contributed by atoms with Gasteiger partial charge < -0.3 is 0 Å². The molecule has 0 saturated carbocycles. The van der Waals surface area contributed by atoms with Crippen molar-refractivity contribution in [2.45, 2.75) is 6.92 Å². The lowest BCUT2D eigenvalue weighted by atomic mass is 10.7. The summed E-state index contributed by atoms with van der Waals surface area (Å²) in [4.78, 5) is 3.74. The zero-order valence-electron chi connectivity index (χ0n) is 4.76. The Morgan fingerprint density at radius 3 is 2.75 bits per heavy atom. The first kappa shape index (κ1) is 7.44. The minimum atomic E-state index is 0.420. The molecule has 0 aliphatic rings. The summed E-state index contributed by atoms with van der Waals surface area (Å²) in [5.74, 6) is 0. The highest BCUT2D eigenvalue weighted by Crippen LogP contribution is 1.86. The molecule has 0 aromatic carbocycles. The van der Waals surface area contributed by atoms with Gasteiger partial charge in [-0.05, 0) is 13.0 Å². The van der Waals surface area contributed by atoms with Gasteiger partial charge in [0.15, 0.2) is 0 Å². The molecular weight excluding hydrogens is 122 g/mol. The van der Waals surface area contributed by atoms with Crippen LogP contribution >= 0.6 is 11.6 Å². The Morgan fingerprint density at radius 1 is 1.75 bits per heavy atom. The predicted octanol–water partition coefficient (Wildman–Crippen LogP) is 2.34. The molecule has 0 bridgehead atoms. The van der Waals surface area contributed by atoms with Gasteiger partial charge in [0.1, 0.15) is 5.17 Å². The third-order valence-electron chi connectivity index (χ3n) is 0.515. The molecule has 8 heavy (non-hydrogen) atoms. The maximum atomic E-state index is 5.42. The monoisotopic (exact) mass is 129 g/mol. The number of hydrogen-bond acceptors (Lipinski definition) is 1. The van der Waals surface area contributed by atoms with E-state index < -0.39 is 0 Å². The van der Waals surface area contributed by atoms with Crippen LogP contribution < -0.4 is 0 Å². The first-order valence-corrected chi connectivity index (χ1v) is 2.66. The highest BCUT2D eigenvalue weighted by molar-refractivity contribution is 6.68. The Balaban J connectivity index is 3.74. The lowest BCUT2D eigenvalue weighted by Gasteiger charge is -1.78. The number of halogens is 1. The molecule has 1 nitrogen and oxygen atoms in total. The largest absolute Gasteiger partial charge is 0.245 e. The molecule has 0 radical (unpaired) electrons. The number of allylic oxidation sites excluding steroid dienone is 2. The highest BCUT2D eigenvalue weighted by Gasteiger charge is 1.75. The van der Waals surface area contributed by atoms with Crippen LogP contribution in [0.25, 0.3) is 0 Å². The summed E-state index contributed by atoms with van der Waals surface area (Å²) in [6.07, 6.45) is 4.90. The quantitative estimate of drug-likeness (QED) is 0.508. The van der Waals surface area contributed by atoms with E-state index in [1.54, 1.807) is 12.3 Å². The van der Waals surface area contributed by atoms with Crippen LogP contribution in [-0.2, 0) is 0 Å². The van der Waals surface area contributed by atoms with Crippen LogP contribution in [0.1, 0.15) is 6.92 Å². The number of hydrogen-bond donors (Lipinski definition) is 0. The van der Waals surface area contributed by atoms with E-state index in [0.717, 1.165) is 0 Å². The number of nitrogens with zero attached hydrogens (tertiary/aromatic N) is 1. The van der Waals surface area contributed by atoms with Gasteiger partial charge in [-0.3, -0.25) is 0 Å². The average Bonchev–Trinajstić information content (AvgIpc) is 1.83. The Bertz CT molecular complexity index is 124. The van der Waals surface area contributed by atoms with E-state index in [1.165, 1.54) is 6.08 Å². The minimum Gasteiger partial charge on any atom is -0.245 e. The van der Waals surface area contributed by atoms with Crippen LogP contribution in [0.5, 0.6) is 0 Å². The van der Waals surface area contributed by atoms with Gasteiger partial charge >= 0.3 is 0 Å². The summed E-state index contributed by atoms with van der Waals surface area (Å²) in [7, 11) is 0. The van der Waals surface area contributed by atoms with Crippen LogP contribution in [0, 0.1) is 0 Å². The summed E-state index contributed by atoms with van der Waals surface area (Å²) in [5.41, 5.74) is 0. The van der Waals surface area contributed by atoms with E-state index in [2.05, 4.69) is 11.6 Å². The third-order valence-corrected chi connectivity index (χ3v) is 0.767. The maximum absolute atomic E-state index is 5.42. The van der Waals surface area contributed by atoms with Crippen LogP contribution in [0.2, 0.25) is 0 Å². The first-order chi connectivity index (χ1) is 3.81. The van der Waals surface area contributed by atoms with Crippen molar-refractivity contribution >= 4 is 16.8 Å². The zero-order valence-corrected chi connectivity index (χ0v) is 5.52. The molecule has 0 fully saturated rings. The molecular formula is C6H8ClN. The molecule has 0 rings (SSSR count). The van der Waals surface area contributed by atoms with Crippen molar-refractivity contribution in [3.63, 3.8) is 0 Å². The molecule has 2 heteroatoms. The van der Waals surface area contributed by atoms with Crippen molar-refractivity contribution in [3.05, 3.63) is 24.9 Å². The van der Waals surface area contributed by atoms with Gasteiger partial charge in [0.2, 0.25) is 0 Å². The summed E-state index contributed by atoms with van der Waals surface area (Å²) < 4.78 is 0. The molecule has 0 saturated heterocycles. The second-order valence-electron chi connectivity index (χ2n) is 1.14. The Kier molecular flexibility index (Phi) is 4.27. The molecule has 0 aliphatic heterocycles. The van der Waals surface area contributed by atoms with Gasteiger partial charge in [0.25, 0.3) is 0 Å². The Labute approximate surface area is 54.4 Å². The van der Waals surface area contributed by atoms with Crippen molar-refractivity contribution < 1.29 is 0 Å². The summed E-state index contributed by atoms with van der Waals surface area (Å²) in [6.45, 7) is 5.29. The summed E-state index contributed by atoms with van der Waals surface area (Å²) >= 11 is 5.42. The van der Waals surface area contributed by atoms with E-state index in [0.29, 0.717) is 5.17 Å². The molecule has 0 aromatic rings. The normalized spacial score (nSPS) is 12.5. The van der Waals surface area contributed by atoms with Crippen molar-refractivity contribution in [1.82, 2.24) is 0 Å². The standard InChI is InChI=1S/C6H8ClN/c1-3-5-8-6(7)4-2/h3-5H,2H2,1H3/b5-3-,8-6+. The number of aliphatic imine (C=N–C) groups is 1. The van der Waals surface area contributed by atoms with E-state index in [-0.39, 0.29) is 0 Å². The van der Waals surface area contributed by atoms with Crippen LogP contribution in [0.3, 0.4) is 0 Å². The highest BCUT2D eigenvalue weighted by atomic mass is 35.5. The van der Waals surface area contributed by atoms with E-state index in [4.69, 9.17) is 11.6 Å². The summed E-state index contributed by atoms with van der Waals surface area (Å²) in [5, 5.41) is 0.420. The van der Waals surface area contributed by atoms with Gasteiger partial charge in [0.05, 0.1) is 0 Å². The van der Waals surface area contributed by atoms with Crippen molar-refractivity contribution in [2.24, 2.45) is 4.99 Å². The van der Waals surface area contributed by atoms with Gasteiger partial charge in [-0.2, -0.15) is 0 Å². The SMILES string of the molecule is C=C/C(Cl)=N\C=C/C. The smallest absolute Gasteiger partial charge is 0.128 e. The first-order valence-electron chi connectivity index (χ1n) is 2.28. The van der Waals surface area contributed by atoms with Gasteiger partial charge in [0, 0.05) is 6.20 Å². The molecule has 0 N–H and O–H groups in total. The van der Waals surface area contributed by atoms with Gasteiger partial charge in [-0.1, -0.05) is 24.3 Å². The molecule has 0 amide bonds. The molecule has 0 atom stereocenters. The zero-order chi connectivity index (χ0) is 6.41. The molecule has 0 heterocycles. The predicted molar refractivity (Wildman–Crippen MR) is 38.3 cm³/mol. The Morgan fingerprint density at radius 2 is 2.38 bits per heavy atom. The van der Waals surface area contributed by atoms with E-state index >= 15 is 0 Å². The number of rotatable bonds is 2. The van der Waals surface area contributed by atoms with Gasteiger partial charge in [-0.25, -0.2) is 4.99 Å². The van der Waals surface area contributed by atoms with Crippen LogP contribution in [0.15, 0.2) is 29.9 Å². The van der Waals surface area contributed by atoms with Crippen molar-refractivity contribution in [3.8, 4) is 0 Å². The second-order valence-corrected chi connectivity index (χ2v) is 1.53. The van der Waals surface area contributed by atoms with Crippen molar-refractivity contribution in [2.75, 3.05) is 0 Å². The van der Waals surface area contributed by atoms with Crippen LogP contribution in [-0.4, -0.2) is 5.17 Å². The third kappa shape index (κ3) is 3.62. The summed E-state index contributed by atoms with van der Waals surface area (Å²) in [6, 6.07) is 0. The maximum Gasteiger partial charge on any atom is 0.128 e. The lowest BCUT2D eigenvalue weighted by Crippen LogP contribution is -1.72. The topological polar surface area (TPSA) is 12.4 Å². The molecule has 0 unspecified atom stereocenters. The molecule has 0 spiro atoms.